The van der Waals surface area contributed by atoms with Crippen LogP contribution in [0.5, 0.6) is 5.75 Å². The number of carbonyl (C=O) groups is 1. The number of aromatic hydroxyl groups is 1. The van der Waals surface area contributed by atoms with Gasteiger partial charge in [0.05, 0.1) is 12.4 Å². The van der Waals surface area contributed by atoms with Gasteiger partial charge >= 0.3 is 0 Å². The van der Waals surface area contributed by atoms with Crippen LogP contribution in [0.4, 0.5) is 0 Å². The Labute approximate surface area is 99.0 Å². The summed E-state index contributed by atoms with van der Waals surface area (Å²) in [5, 5.41) is 11.9. The van der Waals surface area contributed by atoms with Gasteiger partial charge in [-0.05, 0) is 18.2 Å². The fourth-order valence-corrected chi connectivity index (χ4v) is 1.84. The molecule has 0 heterocycles. The zero-order chi connectivity index (χ0) is 11.8. The zero-order valence-electron chi connectivity index (χ0n) is 9.10. The van der Waals surface area contributed by atoms with E-state index in [0.717, 1.165) is 4.90 Å². The average Bonchev–Trinajstić information content (AvgIpc) is 2.27. The van der Waals surface area contributed by atoms with Gasteiger partial charge < -0.3 is 15.2 Å². The van der Waals surface area contributed by atoms with Gasteiger partial charge in [-0.25, -0.2) is 0 Å². The number of nitrogens with one attached hydrogen (secondary N) is 1. The summed E-state index contributed by atoms with van der Waals surface area (Å²) in [6, 6.07) is 6.84. The number of carbonyl (C=O) groups excluding carboxylic acids is 1. The topological polar surface area (TPSA) is 58.6 Å². The highest BCUT2D eigenvalue weighted by molar-refractivity contribution is 8.00. The lowest BCUT2D eigenvalue weighted by Gasteiger charge is -2.04. The Morgan fingerprint density at radius 2 is 2.38 bits per heavy atom. The van der Waals surface area contributed by atoms with Gasteiger partial charge in [0, 0.05) is 18.6 Å². The van der Waals surface area contributed by atoms with Crippen LogP contribution >= 0.6 is 11.8 Å². The molecule has 16 heavy (non-hydrogen) atoms. The first-order chi connectivity index (χ1) is 7.72. The first kappa shape index (κ1) is 12.9. The number of amides is 1. The molecule has 0 atom stereocenters. The molecule has 0 aliphatic heterocycles. The molecule has 0 unspecified atom stereocenters. The Kier molecular flexibility index (Phi) is 5.74. The molecule has 1 amide bonds. The van der Waals surface area contributed by atoms with Crippen molar-refractivity contribution < 1.29 is 14.6 Å². The van der Waals surface area contributed by atoms with Crippen LogP contribution in [-0.4, -0.2) is 37.0 Å². The molecule has 1 aromatic rings. The van der Waals surface area contributed by atoms with Crippen molar-refractivity contribution in [2.24, 2.45) is 0 Å². The molecular formula is C11H15NO3S. The van der Waals surface area contributed by atoms with Crippen molar-refractivity contribution in [3.05, 3.63) is 24.3 Å². The summed E-state index contributed by atoms with van der Waals surface area (Å²) in [6.45, 7) is 1.04. The standard InChI is InChI=1S/C11H15NO3S/c1-15-6-5-12-11(14)8-16-10-4-2-3-9(13)7-10/h2-4,7,13H,5-6,8H2,1H3,(H,12,14). The maximum Gasteiger partial charge on any atom is 0.230 e. The third-order valence-corrected chi connectivity index (χ3v) is 2.81. The van der Waals surface area contributed by atoms with Crippen molar-refractivity contribution in [2.45, 2.75) is 4.90 Å². The van der Waals surface area contributed by atoms with Crippen LogP contribution in [0.3, 0.4) is 0 Å². The van der Waals surface area contributed by atoms with Gasteiger partial charge in [-0.2, -0.15) is 0 Å². The SMILES string of the molecule is COCCNC(=O)CSc1cccc(O)c1. The molecule has 0 radical (unpaired) electrons. The van der Waals surface area contributed by atoms with Crippen molar-refractivity contribution in [2.75, 3.05) is 26.0 Å². The number of methoxy groups -OCH3 is 1. The second-order valence-corrected chi connectivity index (χ2v) is 4.18. The smallest absolute Gasteiger partial charge is 0.230 e. The van der Waals surface area contributed by atoms with Gasteiger partial charge in [-0.15, -0.1) is 11.8 Å². The van der Waals surface area contributed by atoms with E-state index in [4.69, 9.17) is 4.74 Å². The lowest BCUT2D eigenvalue weighted by molar-refractivity contribution is -0.118. The Balaban J connectivity index is 2.26. The molecule has 0 saturated heterocycles. The Bertz CT molecular complexity index is 344. The summed E-state index contributed by atoms with van der Waals surface area (Å²) < 4.78 is 4.82. The lowest BCUT2D eigenvalue weighted by Crippen LogP contribution is -2.28. The third kappa shape index (κ3) is 5.04. The van der Waals surface area contributed by atoms with Gasteiger partial charge in [0.15, 0.2) is 0 Å². The molecule has 0 aliphatic carbocycles. The average molecular weight is 241 g/mol. The summed E-state index contributed by atoms with van der Waals surface area (Å²) in [5.74, 6) is 0.517. The highest BCUT2D eigenvalue weighted by Crippen LogP contribution is 2.21. The number of thioether (sulfide) groups is 1. The number of rotatable bonds is 6. The van der Waals surface area contributed by atoms with Crippen LogP contribution in [0.25, 0.3) is 0 Å². The van der Waals surface area contributed by atoms with E-state index in [1.807, 2.05) is 6.07 Å². The maximum atomic E-state index is 11.3. The van der Waals surface area contributed by atoms with Crippen LogP contribution < -0.4 is 5.32 Å². The minimum Gasteiger partial charge on any atom is -0.508 e. The summed E-state index contributed by atoms with van der Waals surface area (Å²) >= 11 is 1.39. The predicted octanol–water partition coefficient (Wildman–Crippen LogP) is 1.25. The first-order valence-corrected chi connectivity index (χ1v) is 5.88. The molecule has 4 nitrogen and oxygen atoms in total. The molecule has 0 bridgehead atoms. The van der Waals surface area contributed by atoms with E-state index in [1.165, 1.54) is 11.8 Å². The minimum atomic E-state index is -0.0367. The first-order valence-electron chi connectivity index (χ1n) is 4.90. The van der Waals surface area contributed by atoms with E-state index < -0.39 is 0 Å². The molecular weight excluding hydrogens is 226 g/mol. The molecule has 0 aliphatic rings. The van der Waals surface area contributed by atoms with Crippen molar-refractivity contribution in [1.29, 1.82) is 0 Å². The fraction of sp³-hybridized carbons (Fsp3) is 0.364. The maximum absolute atomic E-state index is 11.3. The van der Waals surface area contributed by atoms with Crippen LogP contribution in [0.2, 0.25) is 0 Å². The molecule has 1 rings (SSSR count). The minimum absolute atomic E-state index is 0.0367. The van der Waals surface area contributed by atoms with Gasteiger partial charge in [0.2, 0.25) is 5.91 Å². The summed E-state index contributed by atoms with van der Waals surface area (Å²) in [6.07, 6.45) is 0. The monoisotopic (exact) mass is 241 g/mol. The van der Waals surface area contributed by atoms with E-state index in [9.17, 15) is 9.90 Å². The van der Waals surface area contributed by atoms with E-state index in [-0.39, 0.29) is 11.7 Å². The molecule has 0 saturated carbocycles. The third-order valence-electron chi connectivity index (χ3n) is 1.82. The number of hydrogen-bond acceptors (Lipinski definition) is 4. The van der Waals surface area contributed by atoms with Crippen molar-refractivity contribution in [3.63, 3.8) is 0 Å². The normalized spacial score (nSPS) is 10.1. The number of hydrogen-bond donors (Lipinski definition) is 2. The lowest BCUT2D eigenvalue weighted by atomic mass is 10.3. The second kappa shape index (κ2) is 7.14. The molecule has 0 fully saturated rings. The van der Waals surface area contributed by atoms with E-state index in [2.05, 4.69) is 5.32 Å². The molecule has 88 valence electrons. The molecule has 2 N–H and O–H groups in total. The quantitative estimate of drug-likeness (QED) is 0.581. The summed E-state index contributed by atoms with van der Waals surface area (Å²) in [5.41, 5.74) is 0. The number of ether oxygens (including phenoxy) is 1. The van der Waals surface area contributed by atoms with Crippen molar-refractivity contribution in [1.82, 2.24) is 5.32 Å². The molecule has 0 aromatic heterocycles. The zero-order valence-corrected chi connectivity index (χ0v) is 9.92. The fourth-order valence-electron chi connectivity index (χ4n) is 1.07. The van der Waals surface area contributed by atoms with E-state index in [0.29, 0.717) is 18.9 Å². The van der Waals surface area contributed by atoms with E-state index >= 15 is 0 Å². The van der Waals surface area contributed by atoms with Crippen LogP contribution in [0.1, 0.15) is 0 Å². The Morgan fingerprint density at radius 3 is 3.06 bits per heavy atom. The van der Waals surface area contributed by atoms with Crippen LogP contribution in [-0.2, 0) is 9.53 Å². The number of phenols is 1. The number of benzene rings is 1. The summed E-state index contributed by atoms with van der Waals surface area (Å²) in [4.78, 5) is 12.2. The van der Waals surface area contributed by atoms with Gasteiger partial charge in [-0.3, -0.25) is 4.79 Å². The van der Waals surface area contributed by atoms with Crippen LogP contribution in [0.15, 0.2) is 29.2 Å². The Hall–Kier alpha value is -1.20. The van der Waals surface area contributed by atoms with E-state index in [1.54, 1.807) is 25.3 Å². The predicted molar refractivity (Wildman–Crippen MR) is 63.7 cm³/mol. The Morgan fingerprint density at radius 1 is 1.56 bits per heavy atom. The van der Waals surface area contributed by atoms with Crippen molar-refractivity contribution >= 4 is 17.7 Å². The molecule has 0 spiro atoms. The van der Waals surface area contributed by atoms with Gasteiger partial charge in [0.1, 0.15) is 5.75 Å². The second-order valence-electron chi connectivity index (χ2n) is 3.13. The molecule has 5 heteroatoms. The summed E-state index contributed by atoms with van der Waals surface area (Å²) in [7, 11) is 1.59. The largest absolute Gasteiger partial charge is 0.508 e. The van der Waals surface area contributed by atoms with Gasteiger partial charge in [0.25, 0.3) is 0 Å². The number of phenolic OH excluding ortho intramolecular Hbond substituents is 1. The highest BCUT2D eigenvalue weighted by Gasteiger charge is 2.02. The van der Waals surface area contributed by atoms with Crippen LogP contribution in [0, 0.1) is 0 Å². The van der Waals surface area contributed by atoms with Crippen molar-refractivity contribution in [3.8, 4) is 5.75 Å². The highest BCUT2D eigenvalue weighted by atomic mass is 32.2. The molecule has 1 aromatic carbocycles. The van der Waals surface area contributed by atoms with Gasteiger partial charge in [-0.1, -0.05) is 6.07 Å².